The van der Waals surface area contributed by atoms with E-state index < -0.39 is 5.60 Å². The van der Waals surface area contributed by atoms with E-state index in [-0.39, 0.29) is 18.1 Å². The van der Waals surface area contributed by atoms with E-state index in [0.717, 1.165) is 6.42 Å². The Hall–Kier alpha value is -0.610. The van der Waals surface area contributed by atoms with Crippen molar-refractivity contribution in [3.8, 4) is 0 Å². The van der Waals surface area contributed by atoms with Gasteiger partial charge >= 0.3 is 0 Å². The van der Waals surface area contributed by atoms with Crippen molar-refractivity contribution >= 4 is 5.91 Å². The van der Waals surface area contributed by atoms with Gasteiger partial charge in [0.1, 0.15) is 6.61 Å². The van der Waals surface area contributed by atoms with E-state index >= 15 is 0 Å². The molecular formula is C11H24N2O2. The Labute approximate surface area is 92.6 Å². The van der Waals surface area contributed by atoms with E-state index in [0.29, 0.717) is 6.54 Å². The highest BCUT2D eigenvalue weighted by molar-refractivity contribution is 5.77. The van der Waals surface area contributed by atoms with Gasteiger partial charge in [-0.25, -0.2) is 0 Å². The second-order valence-corrected chi connectivity index (χ2v) is 5.04. The smallest absolute Gasteiger partial charge is 0.246 e. The first-order valence-electron chi connectivity index (χ1n) is 5.37. The zero-order valence-electron chi connectivity index (χ0n) is 10.5. The number of nitrogens with two attached hydrogens (primary N) is 1. The molecule has 3 N–H and O–H groups in total. The summed E-state index contributed by atoms with van der Waals surface area (Å²) in [7, 11) is 0. The molecule has 4 heteroatoms. The molecule has 0 aromatic heterocycles. The van der Waals surface area contributed by atoms with E-state index in [1.807, 2.05) is 34.6 Å². The highest BCUT2D eigenvalue weighted by atomic mass is 16.5. The van der Waals surface area contributed by atoms with E-state index in [9.17, 15) is 4.79 Å². The summed E-state index contributed by atoms with van der Waals surface area (Å²) in [6.45, 7) is 10.2. The zero-order valence-corrected chi connectivity index (χ0v) is 10.5. The summed E-state index contributed by atoms with van der Waals surface area (Å²) < 4.78 is 5.39. The van der Waals surface area contributed by atoms with Gasteiger partial charge in [-0.15, -0.1) is 0 Å². The van der Waals surface area contributed by atoms with Crippen molar-refractivity contribution in [2.24, 2.45) is 5.73 Å². The monoisotopic (exact) mass is 216 g/mol. The topological polar surface area (TPSA) is 64.3 Å². The lowest BCUT2D eigenvalue weighted by Gasteiger charge is -2.27. The molecule has 0 heterocycles. The molecule has 0 fully saturated rings. The molecule has 15 heavy (non-hydrogen) atoms. The standard InChI is InChI=1S/C11H24N2O2/c1-6-10(2,3)13-9(14)7-15-11(4,5)8-12/h6-8,12H2,1-5H3,(H,13,14). The fraction of sp³-hybridized carbons (Fsp3) is 0.909. The van der Waals surface area contributed by atoms with Crippen LogP contribution in [0.1, 0.15) is 41.0 Å². The molecule has 0 aliphatic heterocycles. The molecule has 0 radical (unpaired) electrons. The summed E-state index contributed by atoms with van der Waals surface area (Å²) in [5, 5.41) is 2.90. The minimum Gasteiger partial charge on any atom is -0.364 e. The van der Waals surface area contributed by atoms with Crippen molar-refractivity contribution in [3.05, 3.63) is 0 Å². The lowest BCUT2D eigenvalue weighted by Crippen LogP contribution is -2.46. The summed E-state index contributed by atoms with van der Waals surface area (Å²) in [5.74, 6) is -0.0941. The van der Waals surface area contributed by atoms with Crippen LogP contribution in [0.15, 0.2) is 0 Å². The number of hydrogen-bond donors (Lipinski definition) is 2. The molecule has 0 saturated carbocycles. The molecule has 0 bridgehead atoms. The van der Waals surface area contributed by atoms with Crippen LogP contribution in [0, 0.1) is 0 Å². The first-order valence-corrected chi connectivity index (χ1v) is 5.37. The Morgan fingerprint density at radius 1 is 1.33 bits per heavy atom. The predicted octanol–water partition coefficient (Wildman–Crippen LogP) is 1.05. The first kappa shape index (κ1) is 14.4. The van der Waals surface area contributed by atoms with E-state index in [2.05, 4.69) is 5.32 Å². The van der Waals surface area contributed by atoms with Gasteiger partial charge in [-0.1, -0.05) is 6.92 Å². The number of carbonyl (C=O) groups is 1. The highest BCUT2D eigenvalue weighted by Crippen LogP contribution is 2.08. The van der Waals surface area contributed by atoms with Crippen LogP contribution in [0.2, 0.25) is 0 Å². The molecule has 4 nitrogen and oxygen atoms in total. The maximum atomic E-state index is 11.5. The van der Waals surface area contributed by atoms with Crippen molar-refractivity contribution in [3.63, 3.8) is 0 Å². The average Bonchev–Trinajstić information content (AvgIpc) is 2.15. The number of amides is 1. The number of hydrogen-bond acceptors (Lipinski definition) is 3. The van der Waals surface area contributed by atoms with Crippen LogP contribution in [-0.2, 0) is 9.53 Å². The number of carbonyl (C=O) groups excluding carboxylic acids is 1. The number of nitrogens with one attached hydrogen (secondary N) is 1. The summed E-state index contributed by atoms with van der Waals surface area (Å²) in [4.78, 5) is 11.5. The van der Waals surface area contributed by atoms with Crippen molar-refractivity contribution in [2.75, 3.05) is 13.2 Å². The predicted molar refractivity (Wildman–Crippen MR) is 61.6 cm³/mol. The Bertz CT molecular complexity index is 213. The summed E-state index contributed by atoms with van der Waals surface area (Å²) in [6.07, 6.45) is 0.888. The quantitative estimate of drug-likeness (QED) is 0.697. The molecule has 0 atom stereocenters. The van der Waals surface area contributed by atoms with Gasteiger partial charge in [0.05, 0.1) is 5.60 Å². The van der Waals surface area contributed by atoms with Crippen molar-refractivity contribution < 1.29 is 9.53 Å². The second kappa shape index (κ2) is 5.47. The summed E-state index contributed by atoms with van der Waals surface area (Å²) >= 11 is 0. The van der Waals surface area contributed by atoms with Gasteiger partial charge < -0.3 is 15.8 Å². The van der Waals surface area contributed by atoms with Crippen LogP contribution in [0.5, 0.6) is 0 Å². The summed E-state index contributed by atoms with van der Waals surface area (Å²) in [5.41, 5.74) is 4.88. The fourth-order valence-electron chi connectivity index (χ4n) is 0.822. The van der Waals surface area contributed by atoms with Crippen LogP contribution < -0.4 is 11.1 Å². The van der Waals surface area contributed by atoms with E-state index in [1.165, 1.54) is 0 Å². The maximum absolute atomic E-state index is 11.5. The Kier molecular flexibility index (Phi) is 5.24. The Morgan fingerprint density at radius 3 is 2.27 bits per heavy atom. The minimum atomic E-state index is -0.437. The molecule has 0 aromatic rings. The highest BCUT2D eigenvalue weighted by Gasteiger charge is 2.21. The molecule has 0 spiro atoms. The largest absolute Gasteiger partial charge is 0.364 e. The molecule has 1 amide bonds. The van der Waals surface area contributed by atoms with Gasteiger partial charge in [-0.05, 0) is 34.1 Å². The van der Waals surface area contributed by atoms with Crippen LogP contribution in [0.4, 0.5) is 0 Å². The maximum Gasteiger partial charge on any atom is 0.246 e. The average molecular weight is 216 g/mol. The summed E-state index contributed by atoms with van der Waals surface area (Å²) in [6, 6.07) is 0. The first-order chi connectivity index (χ1) is 6.72. The zero-order chi connectivity index (χ0) is 12.1. The lowest BCUT2D eigenvalue weighted by atomic mass is 10.0. The van der Waals surface area contributed by atoms with Crippen molar-refractivity contribution in [2.45, 2.75) is 52.2 Å². The lowest BCUT2D eigenvalue weighted by molar-refractivity contribution is -0.132. The molecular weight excluding hydrogens is 192 g/mol. The SMILES string of the molecule is CCC(C)(C)NC(=O)COC(C)(C)CN. The Balaban J connectivity index is 3.96. The normalized spacial score (nSPS) is 12.7. The van der Waals surface area contributed by atoms with Crippen LogP contribution in [0.3, 0.4) is 0 Å². The number of rotatable bonds is 6. The third-order valence-electron chi connectivity index (χ3n) is 2.45. The molecule has 0 aliphatic carbocycles. The number of ether oxygens (including phenoxy) is 1. The molecule has 90 valence electrons. The molecule has 0 unspecified atom stereocenters. The molecule has 0 aliphatic rings. The third-order valence-corrected chi connectivity index (χ3v) is 2.45. The van der Waals surface area contributed by atoms with Gasteiger partial charge in [0, 0.05) is 12.1 Å². The molecule has 0 saturated heterocycles. The minimum absolute atomic E-state index is 0.0631. The molecule has 0 rings (SSSR count). The third kappa shape index (κ3) is 6.47. The van der Waals surface area contributed by atoms with Crippen LogP contribution >= 0.6 is 0 Å². The van der Waals surface area contributed by atoms with Crippen LogP contribution in [-0.4, -0.2) is 30.2 Å². The van der Waals surface area contributed by atoms with Gasteiger partial charge in [-0.2, -0.15) is 0 Å². The van der Waals surface area contributed by atoms with Gasteiger partial charge in [0.15, 0.2) is 0 Å². The van der Waals surface area contributed by atoms with Crippen LogP contribution in [0.25, 0.3) is 0 Å². The van der Waals surface area contributed by atoms with Gasteiger partial charge in [-0.3, -0.25) is 4.79 Å². The van der Waals surface area contributed by atoms with Gasteiger partial charge in [0.2, 0.25) is 5.91 Å². The Morgan fingerprint density at radius 2 is 1.87 bits per heavy atom. The molecule has 0 aromatic carbocycles. The fourth-order valence-corrected chi connectivity index (χ4v) is 0.822. The van der Waals surface area contributed by atoms with E-state index in [1.54, 1.807) is 0 Å². The van der Waals surface area contributed by atoms with Gasteiger partial charge in [0.25, 0.3) is 0 Å². The van der Waals surface area contributed by atoms with E-state index in [4.69, 9.17) is 10.5 Å². The second-order valence-electron chi connectivity index (χ2n) is 5.04. The van der Waals surface area contributed by atoms with Crippen molar-refractivity contribution in [1.82, 2.24) is 5.32 Å². The van der Waals surface area contributed by atoms with Crippen molar-refractivity contribution in [1.29, 1.82) is 0 Å².